The fourth-order valence-corrected chi connectivity index (χ4v) is 4.91. The van der Waals surface area contributed by atoms with E-state index in [0.29, 0.717) is 0 Å². The Balaban J connectivity index is 1.88. The maximum atomic E-state index is 13.3. The van der Waals surface area contributed by atoms with Gasteiger partial charge in [0.05, 0.1) is 31.9 Å². The number of hydrogen-bond acceptors (Lipinski definition) is 15. The Kier molecular flexibility index (Phi) is 12.2. The molecule has 2 aliphatic rings. The summed E-state index contributed by atoms with van der Waals surface area (Å²) in [5.74, 6) is -3.15. The Hall–Kier alpha value is -4.29. The maximum Gasteiger partial charge on any atom is 0.333 e. The molecule has 248 valence electrons. The van der Waals surface area contributed by atoms with Crippen molar-refractivity contribution >= 4 is 23.9 Å². The summed E-state index contributed by atoms with van der Waals surface area (Å²) < 4.78 is 40.4. The van der Waals surface area contributed by atoms with Gasteiger partial charge in [0.1, 0.15) is 18.9 Å². The van der Waals surface area contributed by atoms with Gasteiger partial charge < -0.3 is 38.3 Å². The van der Waals surface area contributed by atoms with Crippen LogP contribution in [0.5, 0.6) is 0 Å². The average molecular weight is 642 g/mol. The number of aryl methyl sites for hydroxylation is 1. The van der Waals surface area contributed by atoms with Gasteiger partial charge in [-0.3, -0.25) is 33.1 Å². The van der Waals surface area contributed by atoms with Crippen LogP contribution in [-0.4, -0.2) is 101 Å². The molecule has 0 bridgehead atoms. The second-order valence-corrected chi connectivity index (χ2v) is 10.2. The summed E-state index contributed by atoms with van der Waals surface area (Å²) in [6.07, 6.45) is -8.66. The lowest BCUT2D eigenvalue weighted by atomic mass is 9.98. The zero-order valence-corrected chi connectivity index (χ0v) is 25.2. The van der Waals surface area contributed by atoms with E-state index < -0.39 is 90.9 Å². The molecule has 0 saturated carbocycles. The van der Waals surface area contributed by atoms with E-state index in [4.69, 9.17) is 38.7 Å². The number of carbonyl (C=O) groups is 4. The summed E-state index contributed by atoms with van der Waals surface area (Å²) in [4.78, 5) is 76.3. The zero-order chi connectivity index (χ0) is 33.4. The number of ether oxygens (including phenoxy) is 7. The molecule has 2 saturated heterocycles. The summed E-state index contributed by atoms with van der Waals surface area (Å²) in [5.41, 5.74) is 7.29. The van der Waals surface area contributed by atoms with E-state index >= 15 is 0 Å². The summed E-state index contributed by atoms with van der Waals surface area (Å²) in [5, 5.41) is 13.7. The SMILES string of the molecule is CC(=O)OC[C@H]1O[C@H](OCCn2c(=O)c(C)cn([C@H]3C[C@H](O)[C@@H](CN=[N+]=[N-])O3)c2=O)[C@@H](OC(C)=O)[C@@H](OC(C)=O)[C@@H]1OC(C)=O. The molecule has 0 aromatic carbocycles. The molecule has 19 heteroatoms. The third-order valence-corrected chi connectivity index (χ3v) is 6.75. The van der Waals surface area contributed by atoms with E-state index in [1.165, 1.54) is 13.1 Å². The van der Waals surface area contributed by atoms with Crippen molar-refractivity contribution < 1.29 is 57.4 Å². The normalized spacial score (nSPS) is 27.6. The molecule has 0 aliphatic carbocycles. The average Bonchev–Trinajstić information content (AvgIpc) is 3.32. The smallest absolute Gasteiger partial charge is 0.333 e. The molecule has 0 radical (unpaired) electrons. The number of hydrogen-bond donors (Lipinski definition) is 1. The van der Waals surface area contributed by atoms with Crippen LogP contribution in [0.15, 0.2) is 20.9 Å². The number of aromatic nitrogens is 2. The molecule has 8 atom stereocenters. The molecule has 2 aliphatic heterocycles. The van der Waals surface area contributed by atoms with Gasteiger partial charge in [0, 0.05) is 50.8 Å². The monoisotopic (exact) mass is 641 g/mol. The third kappa shape index (κ3) is 9.11. The van der Waals surface area contributed by atoms with Crippen LogP contribution < -0.4 is 11.2 Å². The van der Waals surface area contributed by atoms with E-state index in [2.05, 4.69) is 10.0 Å². The van der Waals surface area contributed by atoms with Gasteiger partial charge in [-0.1, -0.05) is 5.11 Å². The number of esters is 4. The second-order valence-electron chi connectivity index (χ2n) is 10.2. The predicted molar refractivity (Wildman–Crippen MR) is 146 cm³/mol. The first-order valence-corrected chi connectivity index (χ1v) is 13.8. The van der Waals surface area contributed by atoms with Crippen molar-refractivity contribution in [2.45, 2.75) is 96.7 Å². The van der Waals surface area contributed by atoms with Gasteiger partial charge in [-0.05, 0) is 12.5 Å². The lowest BCUT2D eigenvalue weighted by Gasteiger charge is -2.44. The Bertz CT molecular complexity index is 1440. The highest BCUT2D eigenvalue weighted by atomic mass is 16.7. The minimum absolute atomic E-state index is 0.00952. The first-order chi connectivity index (χ1) is 21.2. The van der Waals surface area contributed by atoms with Crippen LogP contribution in [0.3, 0.4) is 0 Å². The van der Waals surface area contributed by atoms with Crippen LogP contribution in [0.25, 0.3) is 10.4 Å². The van der Waals surface area contributed by atoms with Crippen molar-refractivity contribution in [1.82, 2.24) is 9.13 Å². The number of azide groups is 1. The van der Waals surface area contributed by atoms with Gasteiger partial charge in [-0.2, -0.15) is 0 Å². The van der Waals surface area contributed by atoms with Gasteiger partial charge in [-0.15, -0.1) is 0 Å². The largest absolute Gasteiger partial charge is 0.463 e. The van der Waals surface area contributed by atoms with Crippen LogP contribution in [0, 0.1) is 6.92 Å². The minimum Gasteiger partial charge on any atom is -0.463 e. The summed E-state index contributed by atoms with van der Waals surface area (Å²) in [7, 11) is 0. The molecule has 0 spiro atoms. The highest BCUT2D eigenvalue weighted by Crippen LogP contribution is 2.30. The molecule has 3 heterocycles. The molecule has 1 aromatic rings. The van der Waals surface area contributed by atoms with Crippen molar-refractivity contribution in [2.24, 2.45) is 5.11 Å². The summed E-state index contributed by atoms with van der Waals surface area (Å²) in [6.45, 7) is 4.47. The number of carbonyl (C=O) groups excluding carboxylic acids is 4. The number of nitrogens with zero attached hydrogens (tertiary/aromatic N) is 5. The topological polar surface area (TPSA) is 246 Å². The lowest BCUT2D eigenvalue weighted by molar-refractivity contribution is -0.308. The minimum atomic E-state index is -1.51. The summed E-state index contributed by atoms with van der Waals surface area (Å²) in [6, 6.07) is 0. The molecule has 0 amide bonds. The first kappa shape index (κ1) is 35.2. The molecular formula is C26H35N5O14. The Labute approximate surface area is 255 Å². The van der Waals surface area contributed by atoms with Crippen molar-refractivity contribution in [3.05, 3.63) is 43.0 Å². The quantitative estimate of drug-likeness (QED) is 0.0982. The third-order valence-electron chi connectivity index (χ3n) is 6.75. The fraction of sp³-hybridized carbons (Fsp3) is 0.692. The number of aliphatic hydroxyl groups excluding tert-OH is 1. The van der Waals surface area contributed by atoms with Gasteiger partial charge in [-0.25, -0.2) is 4.79 Å². The molecule has 3 rings (SSSR count). The fourth-order valence-electron chi connectivity index (χ4n) is 4.91. The van der Waals surface area contributed by atoms with Gasteiger partial charge in [0.25, 0.3) is 5.56 Å². The number of aliphatic hydroxyl groups is 1. The van der Waals surface area contributed by atoms with E-state index in [9.17, 15) is 33.9 Å². The van der Waals surface area contributed by atoms with E-state index in [0.717, 1.165) is 36.8 Å². The Morgan fingerprint density at radius 3 is 2.20 bits per heavy atom. The van der Waals surface area contributed by atoms with Crippen molar-refractivity contribution in [2.75, 3.05) is 19.8 Å². The van der Waals surface area contributed by atoms with Gasteiger partial charge in [0.15, 0.2) is 24.6 Å². The Morgan fingerprint density at radius 2 is 1.60 bits per heavy atom. The first-order valence-electron chi connectivity index (χ1n) is 13.8. The molecule has 2 fully saturated rings. The molecule has 19 nitrogen and oxygen atoms in total. The summed E-state index contributed by atoms with van der Waals surface area (Å²) >= 11 is 0. The van der Waals surface area contributed by atoms with Crippen molar-refractivity contribution in [3.8, 4) is 0 Å². The second kappa shape index (κ2) is 15.6. The molecule has 0 unspecified atom stereocenters. The van der Waals surface area contributed by atoms with E-state index in [1.807, 2.05) is 0 Å². The predicted octanol–water partition coefficient (Wildman–Crippen LogP) is -0.623. The zero-order valence-electron chi connectivity index (χ0n) is 25.2. The van der Waals surface area contributed by atoms with Crippen LogP contribution in [0.1, 0.15) is 45.9 Å². The van der Waals surface area contributed by atoms with E-state index in [-0.39, 0.29) is 31.7 Å². The lowest BCUT2D eigenvalue weighted by Crippen LogP contribution is -2.63. The van der Waals surface area contributed by atoms with Crippen LogP contribution in [0.2, 0.25) is 0 Å². The molecule has 45 heavy (non-hydrogen) atoms. The van der Waals surface area contributed by atoms with E-state index in [1.54, 1.807) is 0 Å². The Morgan fingerprint density at radius 1 is 0.978 bits per heavy atom. The molecule has 1 aromatic heterocycles. The van der Waals surface area contributed by atoms with Gasteiger partial charge in [0.2, 0.25) is 0 Å². The highest BCUT2D eigenvalue weighted by Gasteiger charge is 2.52. The maximum absolute atomic E-state index is 13.3. The van der Waals surface area contributed by atoms with Crippen molar-refractivity contribution in [3.63, 3.8) is 0 Å². The number of rotatable bonds is 12. The van der Waals surface area contributed by atoms with Gasteiger partial charge >= 0.3 is 29.6 Å². The standard InChI is InChI=1S/C26H35N5O14/c1-12-10-31(20-8-17(36)18(44-20)9-28-29-27)26(38)30(24(12)37)6-7-39-25-23(43-16(5)35)22(42-15(4)34)21(41-14(3)33)19(45-25)11-40-13(2)32/h10,17-23,25,36H,6-9,11H2,1-5H3/t17-,18+,19+,20+,21+,22-,23-,25-/m0/s1. The van der Waals surface area contributed by atoms with Crippen molar-refractivity contribution in [1.29, 1.82) is 0 Å². The van der Waals surface area contributed by atoms with Crippen LogP contribution in [-0.2, 0) is 58.9 Å². The van der Waals surface area contributed by atoms with Crippen LogP contribution in [0.4, 0.5) is 0 Å². The molecule has 1 N–H and O–H groups in total. The highest BCUT2D eigenvalue weighted by molar-refractivity contribution is 5.68. The molecular weight excluding hydrogens is 606 g/mol. The van der Waals surface area contributed by atoms with Crippen LogP contribution >= 0.6 is 0 Å².